The summed E-state index contributed by atoms with van der Waals surface area (Å²) in [6, 6.07) is 9.94. The van der Waals surface area contributed by atoms with Gasteiger partial charge in [0, 0.05) is 0 Å². The Labute approximate surface area is 110 Å². The highest BCUT2D eigenvalue weighted by atomic mass is 16.5. The van der Waals surface area contributed by atoms with Crippen molar-refractivity contribution >= 4 is 5.97 Å². The first-order valence-electron chi connectivity index (χ1n) is 7.01. The van der Waals surface area contributed by atoms with Crippen molar-refractivity contribution in [3.8, 4) is 0 Å². The fourth-order valence-electron chi connectivity index (χ4n) is 2.02. The number of benzene rings is 1. The quantitative estimate of drug-likeness (QED) is 0.506. The van der Waals surface area contributed by atoms with Crippen LogP contribution in [0.4, 0.5) is 0 Å². The van der Waals surface area contributed by atoms with E-state index in [9.17, 15) is 4.79 Å². The number of carbonyl (C=O) groups is 1. The van der Waals surface area contributed by atoms with Crippen LogP contribution in [-0.4, -0.2) is 12.6 Å². The van der Waals surface area contributed by atoms with E-state index in [0.29, 0.717) is 6.61 Å². The van der Waals surface area contributed by atoms with Crippen molar-refractivity contribution in [2.75, 3.05) is 6.61 Å². The lowest BCUT2D eigenvalue weighted by molar-refractivity contribution is -0.145. The van der Waals surface area contributed by atoms with Crippen LogP contribution in [0.15, 0.2) is 30.3 Å². The highest BCUT2D eigenvalue weighted by molar-refractivity contribution is 5.78. The molecule has 0 saturated carbocycles. The van der Waals surface area contributed by atoms with Gasteiger partial charge >= 0.3 is 5.97 Å². The molecule has 1 aromatic rings. The van der Waals surface area contributed by atoms with Gasteiger partial charge in [0.1, 0.15) is 0 Å². The molecule has 0 heterocycles. The topological polar surface area (TPSA) is 26.3 Å². The molecule has 0 bridgehead atoms. The van der Waals surface area contributed by atoms with Gasteiger partial charge in [0.05, 0.1) is 12.5 Å². The molecule has 2 nitrogen and oxygen atoms in total. The molecule has 0 aliphatic heterocycles. The zero-order valence-electron chi connectivity index (χ0n) is 11.5. The predicted molar refractivity (Wildman–Crippen MR) is 74.6 cm³/mol. The summed E-state index contributed by atoms with van der Waals surface area (Å²) in [5.74, 6) is -0.169. The van der Waals surface area contributed by atoms with Gasteiger partial charge in [-0.2, -0.15) is 0 Å². The van der Waals surface area contributed by atoms with Gasteiger partial charge in [-0.05, 0) is 18.4 Å². The first-order chi connectivity index (χ1) is 8.79. The highest BCUT2D eigenvalue weighted by Gasteiger charge is 2.20. The molecular weight excluding hydrogens is 224 g/mol. The second-order valence-corrected chi connectivity index (χ2v) is 4.63. The van der Waals surface area contributed by atoms with Crippen LogP contribution in [0, 0.1) is 0 Å². The Kier molecular flexibility index (Phi) is 7.16. The summed E-state index contributed by atoms with van der Waals surface area (Å²) in [6.07, 6.45) is 5.09. The molecule has 0 fully saturated rings. The molecule has 1 aromatic carbocycles. The Balaban J connectivity index is 2.53. The lowest BCUT2D eigenvalue weighted by atomic mass is 9.95. The maximum absolute atomic E-state index is 12.1. The largest absolute Gasteiger partial charge is 0.465 e. The predicted octanol–water partition coefficient (Wildman–Crippen LogP) is 4.30. The lowest BCUT2D eigenvalue weighted by Crippen LogP contribution is -2.16. The Bertz CT molecular complexity index is 332. The molecule has 0 spiro atoms. The third-order valence-corrected chi connectivity index (χ3v) is 3.06. The Hall–Kier alpha value is -1.31. The van der Waals surface area contributed by atoms with Gasteiger partial charge in [-0.3, -0.25) is 4.79 Å². The molecule has 0 radical (unpaired) electrons. The van der Waals surface area contributed by atoms with Gasteiger partial charge in [-0.1, -0.05) is 63.4 Å². The summed E-state index contributed by atoms with van der Waals surface area (Å²) in [6.45, 7) is 4.80. The number of hydrogen-bond acceptors (Lipinski definition) is 2. The van der Waals surface area contributed by atoms with Crippen LogP contribution >= 0.6 is 0 Å². The molecule has 0 aromatic heterocycles. The minimum absolute atomic E-state index is 0.0702. The monoisotopic (exact) mass is 248 g/mol. The molecule has 1 atom stereocenters. The molecule has 1 unspecified atom stereocenters. The fourth-order valence-corrected chi connectivity index (χ4v) is 2.02. The molecule has 0 aliphatic rings. The van der Waals surface area contributed by atoms with Gasteiger partial charge in [-0.25, -0.2) is 0 Å². The smallest absolute Gasteiger partial charge is 0.313 e. The number of hydrogen-bond donors (Lipinski definition) is 0. The second-order valence-electron chi connectivity index (χ2n) is 4.63. The van der Waals surface area contributed by atoms with Crippen LogP contribution in [0.2, 0.25) is 0 Å². The molecule has 0 amide bonds. The average molecular weight is 248 g/mol. The zero-order chi connectivity index (χ0) is 13.2. The zero-order valence-corrected chi connectivity index (χ0v) is 11.5. The van der Waals surface area contributed by atoms with E-state index in [0.717, 1.165) is 37.7 Å². The fraction of sp³-hybridized carbons (Fsp3) is 0.562. The molecule has 18 heavy (non-hydrogen) atoms. The van der Waals surface area contributed by atoms with Crippen LogP contribution in [0.25, 0.3) is 0 Å². The van der Waals surface area contributed by atoms with E-state index in [2.05, 4.69) is 13.8 Å². The summed E-state index contributed by atoms with van der Waals surface area (Å²) >= 11 is 0. The summed E-state index contributed by atoms with van der Waals surface area (Å²) < 4.78 is 5.37. The van der Waals surface area contributed by atoms with Crippen LogP contribution < -0.4 is 0 Å². The number of ether oxygens (including phenoxy) is 1. The molecular formula is C16H24O2. The molecule has 2 heteroatoms. The molecule has 0 saturated heterocycles. The highest BCUT2D eigenvalue weighted by Crippen LogP contribution is 2.22. The minimum Gasteiger partial charge on any atom is -0.465 e. The van der Waals surface area contributed by atoms with E-state index in [1.54, 1.807) is 0 Å². The summed E-state index contributed by atoms with van der Waals surface area (Å²) in [5, 5.41) is 0. The number of rotatable bonds is 8. The van der Waals surface area contributed by atoms with E-state index < -0.39 is 0 Å². The average Bonchev–Trinajstić information content (AvgIpc) is 2.41. The van der Waals surface area contributed by atoms with Crippen LogP contribution in [-0.2, 0) is 9.53 Å². The van der Waals surface area contributed by atoms with Gasteiger partial charge in [-0.15, -0.1) is 0 Å². The lowest BCUT2D eigenvalue weighted by Gasteiger charge is -2.15. The van der Waals surface area contributed by atoms with Gasteiger partial charge in [0.2, 0.25) is 0 Å². The third kappa shape index (κ3) is 4.91. The van der Waals surface area contributed by atoms with Crippen LogP contribution in [0.1, 0.15) is 57.4 Å². The van der Waals surface area contributed by atoms with E-state index in [-0.39, 0.29) is 11.9 Å². The SMILES string of the molecule is CCCCCOC(=O)C(CCC)c1ccccc1. The van der Waals surface area contributed by atoms with Crippen molar-refractivity contribution in [3.05, 3.63) is 35.9 Å². The van der Waals surface area contributed by atoms with Gasteiger partial charge < -0.3 is 4.74 Å². The maximum atomic E-state index is 12.1. The first-order valence-corrected chi connectivity index (χ1v) is 7.01. The van der Waals surface area contributed by atoms with Crippen molar-refractivity contribution in [3.63, 3.8) is 0 Å². The van der Waals surface area contributed by atoms with Crippen molar-refractivity contribution < 1.29 is 9.53 Å². The summed E-state index contributed by atoms with van der Waals surface area (Å²) in [7, 11) is 0. The van der Waals surface area contributed by atoms with Crippen molar-refractivity contribution in [1.29, 1.82) is 0 Å². The molecule has 100 valence electrons. The third-order valence-electron chi connectivity index (χ3n) is 3.06. The standard InChI is InChI=1S/C16H24O2/c1-3-5-9-13-18-16(17)15(10-4-2)14-11-7-6-8-12-14/h6-8,11-12,15H,3-5,9-10,13H2,1-2H3. The minimum atomic E-state index is -0.0992. The van der Waals surface area contributed by atoms with Crippen molar-refractivity contribution in [1.82, 2.24) is 0 Å². The normalized spacial score (nSPS) is 12.1. The Morgan fingerprint density at radius 2 is 1.83 bits per heavy atom. The van der Waals surface area contributed by atoms with E-state index >= 15 is 0 Å². The van der Waals surface area contributed by atoms with E-state index in [4.69, 9.17) is 4.74 Å². The Morgan fingerprint density at radius 1 is 1.11 bits per heavy atom. The van der Waals surface area contributed by atoms with Gasteiger partial charge in [0.25, 0.3) is 0 Å². The van der Waals surface area contributed by atoms with Crippen molar-refractivity contribution in [2.45, 2.75) is 51.9 Å². The van der Waals surface area contributed by atoms with E-state index in [1.807, 2.05) is 30.3 Å². The van der Waals surface area contributed by atoms with E-state index in [1.165, 1.54) is 0 Å². The van der Waals surface area contributed by atoms with Gasteiger partial charge in [0.15, 0.2) is 0 Å². The Morgan fingerprint density at radius 3 is 2.44 bits per heavy atom. The first kappa shape index (κ1) is 14.7. The van der Waals surface area contributed by atoms with Crippen LogP contribution in [0.5, 0.6) is 0 Å². The number of unbranched alkanes of at least 4 members (excludes halogenated alkanes) is 2. The summed E-state index contributed by atoms with van der Waals surface area (Å²) in [5.41, 5.74) is 1.07. The van der Waals surface area contributed by atoms with Crippen LogP contribution in [0.3, 0.4) is 0 Å². The maximum Gasteiger partial charge on any atom is 0.313 e. The molecule has 0 N–H and O–H groups in total. The number of esters is 1. The molecule has 1 rings (SSSR count). The van der Waals surface area contributed by atoms with Crippen molar-refractivity contribution in [2.24, 2.45) is 0 Å². The molecule has 0 aliphatic carbocycles. The summed E-state index contributed by atoms with van der Waals surface area (Å²) in [4.78, 5) is 12.1. The number of carbonyl (C=O) groups excluding carboxylic acids is 1. The second kappa shape index (κ2) is 8.73.